The number of pyridine rings is 1. The van der Waals surface area contributed by atoms with Crippen LogP contribution in [0.1, 0.15) is 18.4 Å². The van der Waals surface area contributed by atoms with E-state index in [1.54, 1.807) is 0 Å². The Kier molecular flexibility index (Phi) is 3.71. The molecule has 0 saturated carbocycles. The Morgan fingerprint density at radius 2 is 1.50 bits per heavy atom. The third-order valence-corrected chi connectivity index (χ3v) is 1.23. The predicted molar refractivity (Wildman–Crippen MR) is 39.6 cm³/mol. The Balaban J connectivity index is 0. The molecule has 0 aliphatic rings. The third-order valence-electron chi connectivity index (χ3n) is 1.23. The van der Waals surface area contributed by atoms with Gasteiger partial charge in [0.2, 0.25) is 0 Å². The van der Waals surface area contributed by atoms with Gasteiger partial charge in [-0.2, -0.15) is 0 Å². The van der Waals surface area contributed by atoms with E-state index < -0.39 is 0 Å². The average Bonchev–Trinajstić information content (AvgIpc) is 1.59. The van der Waals surface area contributed by atoms with Gasteiger partial charge in [-0.3, -0.25) is 4.98 Å². The van der Waals surface area contributed by atoms with Crippen molar-refractivity contribution in [1.82, 2.24) is 4.98 Å². The monoisotopic (exact) mass is 129 g/mol. The van der Waals surface area contributed by atoms with Gasteiger partial charge in [0.25, 0.3) is 0 Å². The molecule has 1 heterocycles. The van der Waals surface area contributed by atoms with Gasteiger partial charge < -0.3 is 1.43 Å². The second-order valence-corrected chi connectivity index (χ2v) is 2.43. The number of aryl methyl sites for hydroxylation is 3. The summed E-state index contributed by atoms with van der Waals surface area (Å²) in [7, 11) is 0. The van der Waals surface area contributed by atoms with E-state index in [1.807, 2.05) is 13.8 Å². The Morgan fingerprint density at radius 3 is 1.80 bits per heavy atom. The van der Waals surface area contributed by atoms with Crippen LogP contribution in [0.5, 0.6) is 0 Å². The molecule has 0 unspecified atom stereocenters. The largest absolute Gasteiger partial charge is 1.00 e. The molecule has 50 valence electrons. The molecule has 0 spiro atoms. The van der Waals surface area contributed by atoms with Gasteiger partial charge in [0.15, 0.2) is 0 Å². The zero-order chi connectivity index (χ0) is 6.85. The number of nitrogens with zero attached hydrogens (tertiary/aromatic N) is 1. The summed E-state index contributed by atoms with van der Waals surface area (Å²) in [5, 5.41) is 0. The van der Waals surface area contributed by atoms with Gasteiger partial charge >= 0.3 is 18.9 Å². The summed E-state index contributed by atoms with van der Waals surface area (Å²) in [6, 6.07) is 4.15. The molecule has 0 radical (unpaired) electrons. The molecule has 1 rings (SSSR count). The predicted octanol–water partition coefficient (Wildman–Crippen LogP) is -0.877. The summed E-state index contributed by atoms with van der Waals surface area (Å²) in [6.45, 7) is 6.11. The molecule has 0 aliphatic heterocycles. The fraction of sp³-hybridized carbons (Fsp3) is 0.375. The van der Waals surface area contributed by atoms with Crippen molar-refractivity contribution in [3.05, 3.63) is 29.1 Å². The molecule has 1 aromatic rings. The van der Waals surface area contributed by atoms with E-state index in [2.05, 4.69) is 24.0 Å². The van der Waals surface area contributed by atoms with E-state index >= 15 is 0 Å². The van der Waals surface area contributed by atoms with Crippen LogP contribution in [-0.4, -0.2) is 4.98 Å². The number of hydrogen-bond donors (Lipinski definition) is 0. The van der Waals surface area contributed by atoms with Crippen molar-refractivity contribution in [2.24, 2.45) is 0 Å². The Labute approximate surface area is 75.5 Å². The molecule has 0 aromatic carbocycles. The standard InChI is InChI=1S/C8H11N.Li.H/c1-6-4-7(2)9-8(3)5-6;;/h4-5H,1-3H3;;/q;+1;-1. The average molecular weight is 129 g/mol. The smallest absolute Gasteiger partial charge is 1.00 e. The van der Waals surface area contributed by atoms with E-state index in [0.29, 0.717) is 0 Å². The molecule has 1 nitrogen and oxygen atoms in total. The van der Waals surface area contributed by atoms with Crippen molar-refractivity contribution in [3.63, 3.8) is 0 Å². The minimum Gasteiger partial charge on any atom is -1.00 e. The fourth-order valence-corrected chi connectivity index (χ4v) is 1.04. The molecular weight excluding hydrogens is 117 g/mol. The van der Waals surface area contributed by atoms with Gasteiger partial charge in [0, 0.05) is 11.4 Å². The van der Waals surface area contributed by atoms with Gasteiger partial charge in [0.1, 0.15) is 0 Å². The first-order chi connectivity index (χ1) is 4.18. The maximum atomic E-state index is 4.23. The van der Waals surface area contributed by atoms with Crippen molar-refractivity contribution in [2.45, 2.75) is 20.8 Å². The van der Waals surface area contributed by atoms with Crippen LogP contribution in [0, 0.1) is 20.8 Å². The molecule has 0 aliphatic carbocycles. The van der Waals surface area contributed by atoms with Gasteiger partial charge in [-0.05, 0) is 38.5 Å². The van der Waals surface area contributed by atoms with Crippen LogP contribution in [-0.2, 0) is 0 Å². The molecular formula is C8H12LiN. The summed E-state index contributed by atoms with van der Waals surface area (Å²) in [4.78, 5) is 4.23. The second kappa shape index (κ2) is 3.80. The maximum Gasteiger partial charge on any atom is 1.00 e. The van der Waals surface area contributed by atoms with Crippen molar-refractivity contribution >= 4 is 0 Å². The second-order valence-electron chi connectivity index (χ2n) is 2.43. The van der Waals surface area contributed by atoms with Crippen LogP contribution in [0.15, 0.2) is 12.1 Å². The summed E-state index contributed by atoms with van der Waals surface area (Å²) in [5.41, 5.74) is 3.50. The summed E-state index contributed by atoms with van der Waals surface area (Å²) < 4.78 is 0. The first-order valence-corrected chi connectivity index (χ1v) is 3.10. The molecule has 0 fully saturated rings. The van der Waals surface area contributed by atoms with Crippen molar-refractivity contribution < 1.29 is 20.3 Å². The van der Waals surface area contributed by atoms with Crippen LogP contribution in [0.4, 0.5) is 0 Å². The molecule has 0 saturated heterocycles. The van der Waals surface area contributed by atoms with Gasteiger partial charge in [-0.1, -0.05) is 0 Å². The molecule has 0 atom stereocenters. The zero-order valence-corrected chi connectivity index (χ0v) is 7.10. The van der Waals surface area contributed by atoms with Crippen molar-refractivity contribution in [1.29, 1.82) is 0 Å². The molecule has 0 bridgehead atoms. The minimum absolute atomic E-state index is 0. The Hall–Kier alpha value is -0.253. The molecule has 0 amide bonds. The fourth-order valence-electron chi connectivity index (χ4n) is 1.04. The summed E-state index contributed by atoms with van der Waals surface area (Å²) in [5.74, 6) is 0. The normalized spacial score (nSPS) is 8.70. The zero-order valence-electron chi connectivity index (χ0n) is 8.10. The summed E-state index contributed by atoms with van der Waals surface area (Å²) >= 11 is 0. The maximum absolute atomic E-state index is 4.23. The number of rotatable bonds is 0. The van der Waals surface area contributed by atoms with Crippen molar-refractivity contribution in [2.75, 3.05) is 0 Å². The van der Waals surface area contributed by atoms with E-state index in [9.17, 15) is 0 Å². The van der Waals surface area contributed by atoms with Gasteiger partial charge in [-0.25, -0.2) is 0 Å². The number of hydrogen-bond acceptors (Lipinski definition) is 1. The molecule has 10 heavy (non-hydrogen) atoms. The van der Waals surface area contributed by atoms with Crippen LogP contribution < -0.4 is 18.9 Å². The molecule has 2 heteroatoms. The first kappa shape index (κ1) is 9.75. The van der Waals surface area contributed by atoms with E-state index in [0.717, 1.165) is 11.4 Å². The molecule has 1 aromatic heterocycles. The Bertz CT molecular complexity index is 175. The van der Waals surface area contributed by atoms with Gasteiger partial charge in [-0.15, -0.1) is 0 Å². The third kappa shape index (κ3) is 2.56. The summed E-state index contributed by atoms with van der Waals surface area (Å²) in [6.07, 6.45) is 0. The van der Waals surface area contributed by atoms with Crippen LogP contribution in [0.2, 0.25) is 0 Å². The molecule has 0 N–H and O–H groups in total. The first-order valence-electron chi connectivity index (χ1n) is 3.10. The number of aromatic nitrogens is 1. The van der Waals surface area contributed by atoms with E-state index in [4.69, 9.17) is 0 Å². The van der Waals surface area contributed by atoms with Crippen LogP contribution in [0.3, 0.4) is 0 Å². The SMILES string of the molecule is Cc1cc(C)nc(C)c1.[H-].[Li+]. The van der Waals surface area contributed by atoms with Gasteiger partial charge in [0.05, 0.1) is 0 Å². The van der Waals surface area contributed by atoms with E-state index in [-0.39, 0.29) is 20.3 Å². The Morgan fingerprint density at radius 1 is 1.10 bits per heavy atom. The minimum atomic E-state index is 0. The van der Waals surface area contributed by atoms with Crippen molar-refractivity contribution in [3.8, 4) is 0 Å². The van der Waals surface area contributed by atoms with E-state index in [1.165, 1.54) is 5.56 Å². The van der Waals surface area contributed by atoms with Crippen LogP contribution >= 0.6 is 0 Å². The quantitative estimate of drug-likeness (QED) is 0.415. The van der Waals surface area contributed by atoms with Crippen LogP contribution in [0.25, 0.3) is 0 Å². The topological polar surface area (TPSA) is 12.9 Å².